The van der Waals surface area contributed by atoms with Gasteiger partial charge < -0.3 is 11.1 Å². The molecule has 0 heterocycles. The van der Waals surface area contributed by atoms with Crippen molar-refractivity contribution in [2.45, 2.75) is 6.04 Å². The molecule has 0 spiro atoms. The van der Waals surface area contributed by atoms with Crippen molar-refractivity contribution in [1.29, 1.82) is 0 Å². The first-order valence-corrected chi connectivity index (χ1v) is 6.83. The van der Waals surface area contributed by atoms with Gasteiger partial charge in [-0.3, -0.25) is 14.9 Å². The number of benzene rings is 2. The van der Waals surface area contributed by atoms with Crippen LogP contribution in [0, 0.1) is 20.8 Å². The van der Waals surface area contributed by atoms with E-state index in [1.807, 2.05) is 0 Å². The van der Waals surface area contributed by atoms with Gasteiger partial charge in [-0.2, -0.15) is 0 Å². The van der Waals surface area contributed by atoms with Gasteiger partial charge >= 0.3 is 0 Å². The molecule has 0 fully saturated rings. The third-order valence-electron chi connectivity index (χ3n) is 3.31. The van der Waals surface area contributed by atoms with Gasteiger partial charge in [0.05, 0.1) is 11.5 Å². The molecule has 0 bridgehead atoms. The molecule has 3 N–H and O–H groups in total. The summed E-state index contributed by atoms with van der Waals surface area (Å²) in [4.78, 5) is 33.1. The predicted molar refractivity (Wildman–Crippen MR) is 84.8 cm³/mol. The monoisotopic (exact) mass is 332 g/mol. The summed E-state index contributed by atoms with van der Waals surface area (Å²) in [5, 5.41) is 16.3. The van der Waals surface area contributed by atoms with Gasteiger partial charge in [0.1, 0.15) is 11.9 Å². The number of carbonyl (C=O) groups excluding carboxylic acids is 1. The Morgan fingerprint density at radius 3 is 2.58 bits per heavy atom. The summed E-state index contributed by atoms with van der Waals surface area (Å²) in [6.07, 6.45) is 0. The predicted octanol–water partition coefficient (Wildman–Crippen LogP) is 2.49. The van der Waals surface area contributed by atoms with E-state index in [2.05, 4.69) is 10.5 Å². The van der Waals surface area contributed by atoms with Crippen LogP contribution in [0.2, 0.25) is 0 Å². The van der Waals surface area contributed by atoms with Crippen LogP contribution in [0.4, 0.5) is 15.8 Å². The van der Waals surface area contributed by atoms with E-state index in [1.54, 1.807) is 0 Å². The third-order valence-corrected chi connectivity index (χ3v) is 3.31. The number of hydrogen-bond donors (Lipinski definition) is 2. The number of nitro groups is 1. The van der Waals surface area contributed by atoms with Crippen molar-refractivity contribution in [3.8, 4) is 0 Å². The molecule has 2 rings (SSSR count). The summed E-state index contributed by atoms with van der Waals surface area (Å²) in [7, 11) is 0. The Bertz CT molecular complexity index is 797. The summed E-state index contributed by atoms with van der Waals surface area (Å²) in [5.41, 5.74) is 4.96. The number of hydrogen-bond acceptors (Lipinski definition) is 6. The Morgan fingerprint density at radius 2 is 2.00 bits per heavy atom. The van der Waals surface area contributed by atoms with E-state index in [4.69, 9.17) is 5.73 Å². The third kappa shape index (κ3) is 3.58. The van der Waals surface area contributed by atoms with E-state index in [-0.39, 0.29) is 29.0 Å². The van der Waals surface area contributed by atoms with Gasteiger partial charge in [0.15, 0.2) is 0 Å². The molecule has 1 unspecified atom stereocenters. The number of rotatable bonds is 6. The molecule has 0 aliphatic carbocycles. The number of anilines is 1. The molecule has 0 aromatic heterocycles. The number of nitrogens with one attached hydrogen (secondary N) is 1. The first-order chi connectivity index (χ1) is 11.5. The molecule has 0 saturated heterocycles. The fourth-order valence-corrected chi connectivity index (χ4v) is 2.18. The molecule has 0 saturated carbocycles. The lowest BCUT2D eigenvalue weighted by Crippen LogP contribution is -2.23. The van der Waals surface area contributed by atoms with E-state index in [0.29, 0.717) is 0 Å². The highest BCUT2D eigenvalue weighted by Crippen LogP contribution is 2.35. The maximum atomic E-state index is 14.0. The second kappa shape index (κ2) is 7.38. The van der Waals surface area contributed by atoms with Crippen LogP contribution >= 0.6 is 0 Å². The molecule has 124 valence electrons. The number of nitro benzene ring substituents is 1. The van der Waals surface area contributed by atoms with Gasteiger partial charge in [-0.15, -0.1) is 4.91 Å². The zero-order chi connectivity index (χ0) is 17.7. The van der Waals surface area contributed by atoms with Crippen molar-refractivity contribution in [1.82, 2.24) is 0 Å². The van der Waals surface area contributed by atoms with E-state index in [0.717, 1.165) is 18.2 Å². The lowest BCUT2D eigenvalue weighted by molar-refractivity contribution is -0.384. The number of carbonyl (C=O) groups is 1. The average Bonchev–Trinajstić information content (AvgIpc) is 2.58. The van der Waals surface area contributed by atoms with Crippen molar-refractivity contribution < 1.29 is 14.1 Å². The lowest BCUT2D eigenvalue weighted by atomic mass is 9.96. The van der Waals surface area contributed by atoms with Crippen molar-refractivity contribution >= 4 is 17.3 Å². The van der Waals surface area contributed by atoms with Crippen LogP contribution in [0.25, 0.3) is 0 Å². The number of amides is 1. The zero-order valence-electron chi connectivity index (χ0n) is 12.3. The Morgan fingerprint density at radius 1 is 1.29 bits per heavy atom. The minimum Gasteiger partial charge on any atom is -0.325 e. The molecule has 1 amide bonds. The van der Waals surface area contributed by atoms with Crippen LogP contribution in [0.15, 0.2) is 47.6 Å². The van der Waals surface area contributed by atoms with Crippen LogP contribution in [0.1, 0.15) is 17.2 Å². The van der Waals surface area contributed by atoms with Crippen LogP contribution in [0.5, 0.6) is 0 Å². The van der Waals surface area contributed by atoms with Gasteiger partial charge in [-0.25, -0.2) is 4.39 Å². The molecule has 0 aliphatic rings. The van der Waals surface area contributed by atoms with Crippen LogP contribution in [-0.2, 0) is 4.79 Å². The van der Waals surface area contributed by atoms with Crippen molar-refractivity contribution in [3.63, 3.8) is 0 Å². The van der Waals surface area contributed by atoms with Crippen LogP contribution in [0.3, 0.4) is 0 Å². The van der Waals surface area contributed by atoms with Gasteiger partial charge in [0.25, 0.3) is 5.69 Å². The molecule has 24 heavy (non-hydrogen) atoms. The number of non-ortho nitro benzene ring substituents is 1. The maximum Gasteiger partial charge on any atom is 0.269 e. The maximum absolute atomic E-state index is 14.0. The summed E-state index contributed by atoms with van der Waals surface area (Å²) < 4.78 is 14.0. The first kappa shape index (κ1) is 17.2. The Labute approximate surface area is 135 Å². The van der Waals surface area contributed by atoms with Crippen molar-refractivity contribution in [3.05, 3.63) is 74.4 Å². The summed E-state index contributed by atoms with van der Waals surface area (Å²) in [6, 6.07) is 7.54. The molecule has 2 aromatic rings. The van der Waals surface area contributed by atoms with Crippen molar-refractivity contribution in [2.24, 2.45) is 10.9 Å². The molecular weight excluding hydrogens is 319 g/mol. The highest BCUT2D eigenvalue weighted by Gasteiger charge is 2.24. The SMILES string of the molecule is NCC(=O)Nc1ccc([N+](=O)[O-])cc1C(N=O)c1ccccc1F. The second-order valence-corrected chi connectivity index (χ2v) is 4.81. The van der Waals surface area contributed by atoms with Gasteiger partial charge in [-0.1, -0.05) is 23.4 Å². The van der Waals surface area contributed by atoms with E-state index < -0.39 is 22.7 Å². The summed E-state index contributed by atoms with van der Waals surface area (Å²) in [5.74, 6) is -1.26. The van der Waals surface area contributed by atoms with Crippen LogP contribution in [-0.4, -0.2) is 17.4 Å². The fraction of sp³-hybridized carbons (Fsp3) is 0.133. The quantitative estimate of drug-likeness (QED) is 0.477. The standard InChI is InChI=1S/C15H13FN4O4/c16-12-4-2-1-3-10(12)15(19-22)11-7-9(20(23)24)5-6-13(11)18-14(21)8-17/h1-7,15H,8,17H2,(H,18,21). The van der Waals surface area contributed by atoms with Crippen molar-refractivity contribution in [2.75, 3.05) is 11.9 Å². The highest BCUT2D eigenvalue weighted by atomic mass is 19.1. The topological polar surface area (TPSA) is 128 Å². The Balaban J connectivity index is 2.60. The first-order valence-electron chi connectivity index (χ1n) is 6.83. The van der Waals surface area contributed by atoms with E-state index in [9.17, 15) is 24.2 Å². The normalized spacial score (nSPS) is 11.6. The number of nitrogens with zero attached hydrogens (tertiary/aromatic N) is 2. The number of nitrogens with two attached hydrogens (primary N) is 1. The molecule has 1 atom stereocenters. The van der Waals surface area contributed by atoms with E-state index >= 15 is 0 Å². The molecule has 8 nitrogen and oxygen atoms in total. The summed E-state index contributed by atoms with van der Waals surface area (Å²) >= 11 is 0. The average molecular weight is 332 g/mol. The number of nitroso groups, excluding NO2 is 1. The van der Waals surface area contributed by atoms with E-state index in [1.165, 1.54) is 24.3 Å². The largest absolute Gasteiger partial charge is 0.325 e. The Hall–Kier alpha value is -3.20. The van der Waals surface area contributed by atoms with Gasteiger partial charge in [-0.05, 0) is 12.1 Å². The molecule has 0 radical (unpaired) electrons. The second-order valence-electron chi connectivity index (χ2n) is 4.81. The molecular formula is C15H13FN4O4. The van der Waals surface area contributed by atoms with Gasteiger partial charge in [0, 0.05) is 28.9 Å². The summed E-state index contributed by atoms with van der Waals surface area (Å²) in [6.45, 7) is -0.324. The molecule has 0 aliphatic heterocycles. The molecule has 9 heteroatoms. The lowest BCUT2D eigenvalue weighted by Gasteiger charge is -2.16. The minimum absolute atomic E-state index is 0.00565. The smallest absolute Gasteiger partial charge is 0.269 e. The highest BCUT2D eigenvalue weighted by molar-refractivity contribution is 5.93. The minimum atomic E-state index is -1.36. The number of halogens is 1. The van der Waals surface area contributed by atoms with Crippen LogP contribution < -0.4 is 11.1 Å². The molecule has 2 aromatic carbocycles. The Kier molecular flexibility index (Phi) is 5.27. The van der Waals surface area contributed by atoms with Gasteiger partial charge in [0.2, 0.25) is 5.91 Å². The fourth-order valence-electron chi connectivity index (χ4n) is 2.18. The zero-order valence-corrected chi connectivity index (χ0v) is 12.3.